The van der Waals surface area contributed by atoms with E-state index in [1.165, 1.54) is 6.92 Å². The fourth-order valence-corrected chi connectivity index (χ4v) is 1.61. The summed E-state index contributed by atoms with van der Waals surface area (Å²) in [5, 5.41) is 2.47. The van der Waals surface area contributed by atoms with Crippen LogP contribution in [-0.4, -0.2) is 29.2 Å². The van der Waals surface area contributed by atoms with E-state index < -0.39 is 11.8 Å². The number of hydrogen-bond acceptors (Lipinski definition) is 3. The SMILES string of the molecule is CC(=O)N1CC(=O)N/C(=C\[C]2[CH][CH][CH][CH]2)C1=O. The summed E-state index contributed by atoms with van der Waals surface area (Å²) in [6.45, 7) is 1.04. The molecule has 1 N–H and O–H groups in total. The van der Waals surface area contributed by atoms with Crippen molar-refractivity contribution in [3.8, 4) is 0 Å². The lowest BCUT2D eigenvalue weighted by molar-refractivity contribution is -0.147. The van der Waals surface area contributed by atoms with Gasteiger partial charge < -0.3 is 5.32 Å². The number of piperazine rings is 1. The second kappa shape index (κ2) is 4.69. The van der Waals surface area contributed by atoms with Crippen LogP contribution in [0.15, 0.2) is 11.8 Å². The van der Waals surface area contributed by atoms with Crippen molar-refractivity contribution >= 4 is 17.7 Å². The van der Waals surface area contributed by atoms with Gasteiger partial charge in [0.15, 0.2) is 0 Å². The number of nitrogens with zero attached hydrogens (tertiary/aromatic N) is 1. The van der Waals surface area contributed by atoms with Gasteiger partial charge in [-0.15, -0.1) is 0 Å². The van der Waals surface area contributed by atoms with Gasteiger partial charge in [-0.25, -0.2) is 0 Å². The zero-order chi connectivity index (χ0) is 12.4. The minimum Gasteiger partial charge on any atom is -0.320 e. The molecule has 1 aliphatic carbocycles. The largest absolute Gasteiger partial charge is 0.320 e. The predicted molar refractivity (Wildman–Crippen MR) is 59.1 cm³/mol. The van der Waals surface area contributed by atoms with Gasteiger partial charge in [-0.05, 0) is 31.8 Å². The van der Waals surface area contributed by atoms with Gasteiger partial charge in [0, 0.05) is 12.8 Å². The smallest absolute Gasteiger partial charge is 0.277 e. The molecule has 1 saturated carbocycles. The van der Waals surface area contributed by atoms with Crippen LogP contribution < -0.4 is 5.32 Å². The maximum atomic E-state index is 11.9. The second-order valence-corrected chi connectivity index (χ2v) is 3.73. The Morgan fingerprint density at radius 3 is 2.59 bits per heavy atom. The van der Waals surface area contributed by atoms with Crippen molar-refractivity contribution in [3.05, 3.63) is 43.4 Å². The topological polar surface area (TPSA) is 66.5 Å². The van der Waals surface area contributed by atoms with Crippen LogP contribution in [0.25, 0.3) is 0 Å². The van der Waals surface area contributed by atoms with Crippen LogP contribution in [0.5, 0.6) is 0 Å². The summed E-state index contributed by atoms with van der Waals surface area (Å²) in [5.74, 6) is -0.465. The molecule has 0 aromatic rings. The maximum absolute atomic E-state index is 11.9. The molecule has 0 unspecified atom stereocenters. The fraction of sp³-hybridized carbons (Fsp3) is 0.167. The first kappa shape index (κ1) is 11.8. The van der Waals surface area contributed by atoms with Crippen LogP contribution in [-0.2, 0) is 14.4 Å². The Labute approximate surface area is 99.8 Å². The summed E-state index contributed by atoms with van der Waals surface area (Å²) in [6.07, 6.45) is 8.81. The zero-order valence-electron chi connectivity index (χ0n) is 9.27. The summed E-state index contributed by atoms with van der Waals surface area (Å²) in [5.41, 5.74) is 0.127. The van der Waals surface area contributed by atoms with Crippen molar-refractivity contribution in [2.75, 3.05) is 6.54 Å². The van der Waals surface area contributed by atoms with Crippen molar-refractivity contribution in [1.82, 2.24) is 10.2 Å². The molecular formula is C12H11N2O3. The Bertz CT molecular complexity index is 395. The molecule has 0 aromatic carbocycles. The van der Waals surface area contributed by atoms with Gasteiger partial charge in [0.2, 0.25) is 11.8 Å². The van der Waals surface area contributed by atoms with Crippen molar-refractivity contribution in [2.24, 2.45) is 0 Å². The predicted octanol–water partition coefficient (Wildman–Crippen LogP) is -0.220. The summed E-state index contributed by atoms with van der Waals surface area (Å²) >= 11 is 0. The highest BCUT2D eigenvalue weighted by Crippen LogP contribution is 2.25. The molecule has 0 aromatic heterocycles. The quantitative estimate of drug-likeness (QED) is 0.634. The molecule has 1 saturated heterocycles. The minimum atomic E-state index is -0.474. The molecule has 0 spiro atoms. The molecule has 17 heavy (non-hydrogen) atoms. The van der Waals surface area contributed by atoms with Crippen LogP contribution in [0.3, 0.4) is 0 Å². The highest BCUT2D eigenvalue weighted by Gasteiger charge is 2.31. The molecule has 1 heterocycles. The number of nitrogens with one attached hydrogen (secondary N) is 1. The van der Waals surface area contributed by atoms with Crippen LogP contribution in [0.2, 0.25) is 0 Å². The first-order valence-corrected chi connectivity index (χ1v) is 5.13. The highest BCUT2D eigenvalue weighted by atomic mass is 16.2. The molecule has 2 aliphatic rings. The molecule has 0 atom stereocenters. The molecular weight excluding hydrogens is 220 g/mol. The molecule has 5 heteroatoms. The Hall–Kier alpha value is -1.65. The van der Waals surface area contributed by atoms with Crippen LogP contribution in [0.4, 0.5) is 0 Å². The molecule has 87 valence electrons. The molecule has 5 nitrogen and oxygen atoms in total. The molecule has 1 aliphatic heterocycles. The van der Waals surface area contributed by atoms with E-state index in [-0.39, 0.29) is 18.1 Å². The van der Waals surface area contributed by atoms with Crippen LogP contribution >= 0.6 is 0 Å². The molecule has 0 bridgehead atoms. The van der Waals surface area contributed by atoms with Gasteiger partial charge in [-0.2, -0.15) is 0 Å². The Kier molecular flexibility index (Phi) is 3.26. The number of amides is 3. The van der Waals surface area contributed by atoms with E-state index in [0.29, 0.717) is 0 Å². The van der Waals surface area contributed by atoms with E-state index >= 15 is 0 Å². The first-order chi connectivity index (χ1) is 8.08. The van der Waals surface area contributed by atoms with Crippen molar-refractivity contribution in [2.45, 2.75) is 6.92 Å². The molecule has 2 fully saturated rings. The van der Waals surface area contributed by atoms with E-state index in [1.54, 1.807) is 18.9 Å². The molecule has 3 amide bonds. The second-order valence-electron chi connectivity index (χ2n) is 3.73. The number of imide groups is 1. The monoisotopic (exact) mass is 231 g/mol. The van der Waals surface area contributed by atoms with E-state index in [0.717, 1.165) is 10.8 Å². The highest BCUT2D eigenvalue weighted by molar-refractivity contribution is 6.10. The lowest BCUT2D eigenvalue weighted by Gasteiger charge is -2.26. The number of allylic oxidation sites excluding steroid dienone is 1. The summed E-state index contributed by atoms with van der Waals surface area (Å²) in [4.78, 5) is 35.4. The average Bonchev–Trinajstić information content (AvgIpc) is 2.75. The third-order valence-corrected chi connectivity index (χ3v) is 2.43. The minimum absolute atomic E-state index is 0.127. The Morgan fingerprint density at radius 2 is 2.00 bits per heavy atom. The number of rotatable bonds is 1. The van der Waals surface area contributed by atoms with Crippen molar-refractivity contribution in [1.29, 1.82) is 0 Å². The third kappa shape index (κ3) is 2.54. The zero-order valence-corrected chi connectivity index (χ0v) is 9.27. The van der Waals surface area contributed by atoms with Gasteiger partial charge >= 0.3 is 0 Å². The van der Waals surface area contributed by atoms with Gasteiger partial charge in [0.05, 0.1) is 0 Å². The van der Waals surface area contributed by atoms with E-state index in [2.05, 4.69) is 5.32 Å². The van der Waals surface area contributed by atoms with Crippen molar-refractivity contribution in [3.63, 3.8) is 0 Å². The maximum Gasteiger partial charge on any atom is 0.277 e. The summed E-state index contributed by atoms with van der Waals surface area (Å²) < 4.78 is 0. The van der Waals surface area contributed by atoms with Crippen molar-refractivity contribution < 1.29 is 14.4 Å². The average molecular weight is 231 g/mol. The number of hydrogen-bond donors (Lipinski definition) is 1. The number of carbonyl (C=O) groups is 3. The molecule has 2 rings (SSSR count). The van der Waals surface area contributed by atoms with Gasteiger partial charge in [0.25, 0.3) is 5.91 Å². The third-order valence-electron chi connectivity index (χ3n) is 2.43. The normalized spacial score (nSPS) is 24.3. The first-order valence-electron chi connectivity index (χ1n) is 5.13. The fourth-order valence-electron chi connectivity index (χ4n) is 1.61. The number of carbonyl (C=O) groups excluding carboxylic acids is 3. The van der Waals surface area contributed by atoms with E-state index in [4.69, 9.17) is 0 Å². The Balaban J connectivity index is 2.17. The van der Waals surface area contributed by atoms with Crippen LogP contribution in [0.1, 0.15) is 6.92 Å². The Morgan fingerprint density at radius 1 is 1.35 bits per heavy atom. The van der Waals surface area contributed by atoms with Gasteiger partial charge in [-0.1, -0.05) is 0 Å². The van der Waals surface area contributed by atoms with Crippen LogP contribution in [0, 0.1) is 31.6 Å². The van der Waals surface area contributed by atoms with Gasteiger partial charge in [-0.3, -0.25) is 19.3 Å². The lowest BCUT2D eigenvalue weighted by atomic mass is 10.1. The standard InChI is InChI=1S/C12H11N2O3/c1-8(15)14-7-11(16)13-10(12(14)17)6-9-4-2-3-5-9/h2-6H,7H2,1H3,(H,13,16)/b10-6-. The summed E-state index contributed by atoms with van der Waals surface area (Å²) in [7, 11) is 0. The lowest BCUT2D eigenvalue weighted by Crippen LogP contribution is -2.51. The summed E-state index contributed by atoms with van der Waals surface area (Å²) in [6, 6.07) is 0. The van der Waals surface area contributed by atoms with E-state index in [9.17, 15) is 14.4 Å². The van der Waals surface area contributed by atoms with E-state index in [1.807, 2.05) is 12.8 Å². The molecule has 5 radical (unpaired) electrons. The van der Waals surface area contributed by atoms with Gasteiger partial charge in [0.1, 0.15) is 12.2 Å².